The molecule has 34 heavy (non-hydrogen) atoms. The molecule has 3 aliphatic rings. The van der Waals surface area contributed by atoms with Crippen LogP contribution in [0.2, 0.25) is 0 Å². The van der Waals surface area contributed by atoms with Gasteiger partial charge >= 0.3 is 6.03 Å². The number of fused-ring (bicyclic) bond motifs is 2. The van der Waals surface area contributed by atoms with Crippen LogP contribution in [0.25, 0.3) is 0 Å². The van der Waals surface area contributed by atoms with E-state index in [1.807, 2.05) is 36.4 Å². The average Bonchev–Trinajstić information content (AvgIpc) is 3.33. The van der Waals surface area contributed by atoms with E-state index in [4.69, 9.17) is 9.47 Å². The summed E-state index contributed by atoms with van der Waals surface area (Å²) < 4.78 is 10.8. The van der Waals surface area contributed by atoms with Crippen molar-refractivity contribution in [3.63, 3.8) is 0 Å². The number of hydrogen-bond acceptors (Lipinski definition) is 6. The normalized spacial score (nSPS) is 21.4. The van der Waals surface area contributed by atoms with Gasteiger partial charge in [0.15, 0.2) is 11.5 Å². The van der Waals surface area contributed by atoms with Crippen LogP contribution in [0.4, 0.5) is 4.79 Å². The van der Waals surface area contributed by atoms with Crippen molar-refractivity contribution in [2.45, 2.75) is 37.9 Å². The number of amides is 4. The van der Waals surface area contributed by atoms with Gasteiger partial charge in [-0.2, -0.15) is 0 Å². The summed E-state index contributed by atoms with van der Waals surface area (Å²) in [6.07, 6.45) is 2.24. The van der Waals surface area contributed by atoms with Gasteiger partial charge in [0.05, 0.1) is 12.6 Å². The van der Waals surface area contributed by atoms with Gasteiger partial charge in [-0.05, 0) is 49.1 Å². The minimum absolute atomic E-state index is 0.0820. The fraction of sp³-hybridized carbons (Fsp3) is 0.400. The quantitative estimate of drug-likeness (QED) is 0.647. The Hall–Kier alpha value is -3.59. The second-order valence-corrected chi connectivity index (χ2v) is 8.75. The van der Waals surface area contributed by atoms with E-state index in [1.54, 1.807) is 17.0 Å². The first-order valence-electron chi connectivity index (χ1n) is 11.6. The fourth-order valence-corrected chi connectivity index (χ4v) is 4.77. The number of benzene rings is 2. The Morgan fingerprint density at radius 3 is 2.74 bits per heavy atom. The number of piperidine rings is 1. The number of carbonyl (C=O) groups excluding carboxylic acids is 3. The zero-order valence-corrected chi connectivity index (χ0v) is 18.9. The highest BCUT2D eigenvalue weighted by Crippen LogP contribution is 2.33. The molecule has 2 N–H and O–H groups in total. The number of nitrogens with zero attached hydrogens (tertiary/aromatic N) is 2. The Labute approximate surface area is 198 Å². The van der Waals surface area contributed by atoms with E-state index >= 15 is 0 Å². The van der Waals surface area contributed by atoms with Crippen LogP contribution < -0.4 is 20.1 Å². The summed E-state index contributed by atoms with van der Waals surface area (Å²) in [4.78, 5) is 42.2. The summed E-state index contributed by atoms with van der Waals surface area (Å²) in [7, 11) is 0. The molecule has 0 aliphatic carbocycles. The summed E-state index contributed by atoms with van der Waals surface area (Å²) in [5, 5.41) is 6.17. The lowest BCUT2D eigenvalue weighted by atomic mass is 9.93. The highest BCUT2D eigenvalue weighted by Gasteiger charge is 2.47. The molecule has 178 valence electrons. The molecule has 9 nitrogen and oxygen atoms in total. The summed E-state index contributed by atoms with van der Waals surface area (Å²) in [6, 6.07) is 14.0. The maximum atomic E-state index is 13.4. The number of urea groups is 1. The van der Waals surface area contributed by atoms with Crippen molar-refractivity contribution in [2.24, 2.45) is 0 Å². The molecular weight excluding hydrogens is 436 g/mol. The lowest BCUT2D eigenvalue weighted by Crippen LogP contribution is -2.70. The largest absolute Gasteiger partial charge is 0.454 e. The summed E-state index contributed by atoms with van der Waals surface area (Å²) in [5.74, 6) is 0.750. The molecule has 2 saturated heterocycles. The van der Waals surface area contributed by atoms with Crippen LogP contribution in [-0.4, -0.2) is 66.2 Å². The van der Waals surface area contributed by atoms with Crippen LogP contribution >= 0.6 is 0 Å². The SMILES string of the molecule is O=C(CN1C(=O)N(Cc2ccc3c(c2)OCO3)C(=O)C2NCCCC21)NCCc1ccccc1. The molecule has 0 bridgehead atoms. The second-order valence-electron chi connectivity index (χ2n) is 8.75. The minimum atomic E-state index is -0.516. The second kappa shape index (κ2) is 9.72. The van der Waals surface area contributed by atoms with Crippen LogP contribution in [0.5, 0.6) is 11.5 Å². The lowest BCUT2D eigenvalue weighted by molar-refractivity contribution is -0.139. The summed E-state index contributed by atoms with van der Waals surface area (Å²) in [6.45, 7) is 1.36. The van der Waals surface area contributed by atoms with Crippen LogP contribution in [0, 0.1) is 0 Å². The number of carbonyl (C=O) groups is 3. The number of hydrogen-bond donors (Lipinski definition) is 2. The molecule has 5 rings (SSSR count). The Morgan fingerprint density at radius 2 is 1.88 bits per heavy atom. The fourth-order valence-electron chi connectivity index (χ4n) is 4.77. The van der Waals surface area contributed by atoms with Gasteiger partial charge in [-0.1, -0.05) is 36.4 Å². The van der Waals surface area contributed by atoms with Gasteiger partial charge in [0, 0.05) is 6.54 Å². The van der Waals surface area contributed by atoms with Crippen LogP contribution in [-0.2, 0) is 22.6 Å². The Bertz CT molecular complexity index is 1080. The molecule has 3 heterocycles. The van der Waals surface area contributed by atoms with Crippen molar-refractivity contribution < 1.29 is 23.9 Å². The number of ether oxygens (including phenoxy) is 2. The first-order chi connectivity index (χ1) is 16.6. The zero-order chi connectivity index (χ0) is 23.5. The third kappa shape index (κ3) is 4.56. The molecule has 2 aromatic carbocycles. The zero-order valence-electron chi connectivity index (χ0n) is 18.9. The van der Waals surface area contributed by atoms with Crippen molar-refractivity contribution in [3.8, 4) is 11.5 Å². The molecular formula is C25H28N4O5. The van der Waals surface area contributed by atoms with Gasteiger partial charge in [0.2, 0.25) is 18.6 Å². The number of rotatable bonds is 7. The molecule has 2 atom stereocenters. The topological polar surface area (TPSA) is 100 Å². The van der Waals surface area contributed by atoms with E-state index in [1.165, 1.54) is 4.90 Å². The van der Waals surface area contributed by atoms with Gasteiger partial charge < -0.3 is 25.0 Å². The third-order valence-electron chi connectivity index (χ3n) is 6.50. The summed E-state index contributed by atoms with van der Waals surface area (Å²) in [5.41, 5.74) is 1.89. The van der Waals surface area contributed by atoms with Crippen LogP contribution in [0.1, 0.15) is 24.0 Å². The van der Waals surface area contributed by atoms with Crippen LogP contribution in [0.3, 0.4) is 0 Å². The predicted molar refractivity (Wildman–Crippen MR) is 123 cm³/mol. The first-order valence-corrected chi connectivity index (χ1v) is 11.6. The molecule has 0 aromatic heterocycles. The van der Waals surface area contributed by atoms with Crippen molar-refractivity contribution in [1.82, 2.24) is 20.4 Å². The van der Waals surface area contributed by atoms with Crippen LogP contribution in [0.15, 0.2) is 48.5 Å². The molecule has 4 amide bonds. The molecule has 0 spiro atoms. The third-order valence-corrected chi connectivity index (χ3v) is 6.50. The monoisotopic (exact) mass is 464 g/mol. The van der Waals surface area contributed by atoms with Gasteiger partial charge in [-0.15, -0.1) is 0 Å². The summed E-state index contributed by atoms with van der Waals surface area (Å²) >= 11 is 0. The molecule has 9 heteroatoms. The van der Waals surface area contributed by atoms with Crippen molar-refractivity contribution in [1.29, 1.82) is 0 Å². The molecule has 3 aliphatic heterocycles. The van der Waals surface area contributed by atoms with E-state index in [2.05, 4.69) is 10.6 Å². The lowest BCUT2D eigenvalue weighted by Gasteiger charge is -2.46. The molecule has 2 unspecified atom stereocenters. The van der Waals surface area contributed by atoms with Crippen molar-refractivity contribution in [3.05, 3.63) is 59.7 Å². The molecule has 0 saturated carbocycles. The van der Waals surface area contributed by atoms with Gasteiger partial charge in [0.25, 0.3) is 0 Å². The smallest absolute Gasteiger partial charge is 0.327 e. The first kappa shape index (κ1) is 22.2. The maximum Gasteiger partial charge on any atom is 0.327 e. The highest BCUT2D eigenvalue weighted by molar-refractivity contribution is 6.01. The van der Waals surface area contributed by atoms with E-state index in [0.29, 0.717) is 37.4 Å². The number of imide groups is 1. The van der Waals surface area contributed by atoms with Crippen molar-refractivity contribution >= 4 is 17.8 Å². The van der Waals surface area contributed by atoms with Crippen molar-refractivity contribution in [2.75, 3.05) is 26.4 Å². The Kier molecular flexibility index (Phi) is 6.35. The molecule has 2 fully saturated rings. The van der Waals surface area contributed by atoms with Gasteiger partial charge in [-0.3, -0.25) is 14.5 Å². The van der Waals surface area contributed by atoms with E-state index in [-0.39, 0.29) is 37.7 Å². The van der Waals surface area contributed by atoms with E-state index in [9.17, 15) is 14.4 Å². The minimum Gasteiger partial charge on any atom is -0.454 e. The number of nitrogens with one attached hydrogen (secondary N) is 2. The maximum absolute atomic E-state index is 13.4. The Balaban J connectivity index is 1.27. The average molecular weight is 465 g/mol. The molecule has 2 aromatic rings. The highest BCUT2D eigenvalue weighted by atomic mass is 16.7. The molecule has 0 radical (unpaired) electrons. The van der Waals surface area contributed by atoms with E-state index < -0.39 is 12.1 Å². The van der Waals surface area contributed by atoms with Gasteiger partial charge in [0.1, 0.15) is 12.6 Å². The van der Waals surface area contributed by atoms with Gasteiger partial charge in [-0.25, -0.2) is 4.79 Å². The predicted octanol–water partition coefficient (Wildman–Crippen LogP) is 1.66. The van der Waals surface area contributed by atoms with E-state index in [0.717, 1.165) is 17.5 Å². The standard InChI is InChI=1S/C25H28N4O5/c30-22(26-12-10-17-5-2-1-3-6-17)15-28-19-7-4-11-27-23(19)24(31)29(25(28)32)14-18-8-9-20-21(13-18)34-16-33-20/h1-3,5-6,8-9,13,19,23,27H,4,7,10-12,14-16H2,(H,26,30). The Morgan fingerprint density at radius 1 is 1.06 bits per heavy atom.